The van der Waals surface area contributed by atoms with Crippen LogP contribution in [-0.2, 0) is 9.59 Å². The maximum atomic E-state index is 12.6. The summed E-state index contributed by atoms with van der Waals surface area (Å²) in [6, 6.07) is 7.64. The Balaban J connectivity index is 1.66. The van der Waals surface area contributed by atoms with Gasteiger partial charge in [-0.3, -0.25) is 9.59 Å². The van der Waals surface area contributed by atoms with Crippen molar-refractivity contribution in [2.24, 2.45) is 17.8 Å². The van der Waals surface area contributed by atoms with Crippen molar-refractivity contribution < 1.29 is 14.7 Å². The van der Waals surface area contributed by atoms with Crippen LogP contribution >= 0.6 is 11.6 Å². The summed E-state index contributed by atoms with van der Waals surface area (Å²) in [5.74, 6) is -0.853. The van der Waals surface area contributed by atoms with E-state index in [1.54, 1.807) is 0 Å². The average molecular weight is 336 g/mol. The van der Waals surface area contributed by atoms with E-state index in [1.807, 2.05) is 24.3 Å². The second-order valence-corrected chi connectivity index (χ2v) is 7.21. The van der Waals surface area contributed by atoms with Crippen molar-refractivity contribution in [3.05, 3.63) is 34.9 Å². The van der Waals surface area contributed by atoms with Crippen LogP contribution in [0.2, 0.25) is 5.02 Å². The van der Waals surface area contributed by atoms with Crippen LogP contribution in [0.4, 0.5) is 0 Å². The molecule has 0 bridgehead atoms. The molecule has 0 aromatic heterocycles. The van der Waals surface area contributed by atoms with Crippen molar-refractivity contribution >= 4 is 23.5 Å². The highest BCUT2D eigenvalue weighted by Gasteiger charge is 2.36. The van der Waals surface area contributed by atoms with Crippen molar-refractivity contribution in [2.75, 3.05) is 0 Å². The molecule has 23 heavy (non-hydrogen) atoms. The molecule has 1 amide bonds. The van der Waals surface area contributed by atoms with Gasteiger partial charge in [-0.1, -0.05) is 30.2 Å². The predicted molar refractivity (Wildman–Crippen MR) is 88.1 cm³/mol. The van der Waals surface area contributed by atoms with E-state index < -0.39 is 5.97 Å². The second-order valence-electron chi connectivity index (χ2n) is 6.77. The van der Waals surface area contributed by atoms with Crippen LogP contribution in [0.1, 0.15) is 50.1 Å². The molecular formula is C18H22ClNO3. The Bertz CT molecular complexity index is 582. The molecule has 2 fully saturated rings. The fourth-order valence-electron chi connectivity index (χ4n) is 3.50. The Morgan fingerprint density at radius 1 is 1.09 bits per heavy atom. The smallest absolute Gasteiger partial charge is 0.306 e. The lowest BCUT2D eigenvalue weighted by Gasteiger charge is -2.28. The Kier molecular flexibility index (Phi) is 4.90. The van der Waals surface area contributed by atoms with Gasteiger partial charge < -0.3 is 10.4 Å². The third kappa shape index (κ3) is 4.05. The van der Waals surface area contributed by atoms with Crippen LogP contribution in [0.25, 0.3) is 0 Å². The lowest BCUT2D eigenvalue weighted by molar-refractivity contribution is -0.144. The molecule has 2 N–H and O–H groups in total. The highest BCUT2D eigenvalue weighted by molar-refractivity contribution is 6.30. The number of carboxylic acids is 1. The van der Waals surface area contributed by atoms with Gasteiger partial charge in [0, 0.05) is 10.9 Å². The summed E-state index contributed by atoms with van der Waals surface area (Å²) < 4.78 is 0. The van der Waals surface area contributed by atoms with Gasteiger partial charge in [0.2, 0.25) is 5.91 Å². The normalized spacial score (nSPS) is 25.6. The molecule has 0 heterocycles. The highest BCUT2D eigenvalue weighted by atomic mass is 35.5. The van der Waals surface area contributed by atoms with Crippen molar-refractivity contribution in [3.63, 3.8) is 0 Å². The molecule has 3 unspecified atom stereocenters. The molecule has 0 saturated heterocycles. The Hall–Kier alpha value is -1.55. The number of benzene rings is 1. The Labute approximate surface area is 141 Å². The minimum absolute atomic E-state index is 0.00259. The van der Waals surface area contributed by atoms with Gasteiger partial charge in [-0.15, -0.1) is 0 Å². The number of hydrogen-bond donors (Lipinski definition) is 2. The van der Waals surface area contributed by atoms with Crippen LogP contribution in [0, 0.1) is 17.8 Å². The maximum absolute atomic E-state index is 12.6. The molecule has 4 nitrogen and oxygen atoms in total. The summed E-state index contributed by atoms with van der Waals surface area (Å²) in [4.78, 5) is 23.8. The lowest BCUT2D eigenvalue weighted by atomic mass is 9.81. The number of carboxylic acid groups (broad SMARTS) is 1. The van der Waals surface area contributed by atoms with Crippen molar-refractivity contribution in [1.82, 2.24) is 5.32 Å². The maximum Gasteiger partial charge on any atom is 0.306 e. The minimum Gasteiger partial charge on any atom is -0.481 e. The molecule has 124 valence electrons. The van der Waals surface area contributed by atoms with Gasteiger partial charge in [-0.05, 0) is 55.7 Å². The number of hydrogen-bond acceptors (Lipinski definition) is 2. The van der Waals surface area contributed by atoms with E-state index >= 15 is 0 Å². The topological polar surface area (TPSA) is 66.4 Å². The molecule has 0 spiro atoms. The number of halogens is 1. The van der Waals surface area contributed by atoms with E-state index in [-0.39, 0.29) is 23.8 Å². The fourth-order valence-corrected chi connectivity index (χ4v) is 3.62. The molecule has 5 heteroatoms. The van der Waals surface area contributed by atoms with Gasteiger partial charge in [0.1, 0.15) is 0 Å². The van der Waals surface area contributed by atoms with Crippen LogP contribution in [0.15, 0.2) is 24.3 Å². The van der Waals surface area contributed by atoms with E-state index in [2.05, 4.69) is 5.32 Å². The van der Waals surface area contributed by atoms with Crippen LogP contribution in [0.5, 0.6) is 0 Å². The first-order chi connectivity index (χ1) is 11.0. The average Bonchev–Trinajstić information content (AvgIpc) is 3.38. The second kappa shape index (κ2) is 6.91. The zero-order valence-corrected chi connectivity index (χ0v) is 13.8. The summed E-state index contributed by atoms with van der Waals surface area (Å²) in [5, 5.41) is 13.0. The summed E-state index contributed by atoms with van der Waals surface area (Å²) in [6.45, 7) is 0. The molecule has 2 aliphatic carbocycles. The van der Waals surface area contributed by atoms with Crippen LogP contribution in [0.3, 0.4) is 0 Å². The van der Waals surface area contributed by atoms with Gasteiger partial charge in [0.15, 0.2) is 0 Å². The third-order valence-electron chi connectivity index (χ3n) is 5.01. The van der Waals surface area contributed by atoms with Gasteiger partial charge in [-0.25, -0.2) is 0 Å². The molecule has 2 aliphatic rings. The quantitative estimate of drug-likeness (QED) is 0.860. The largest absolute Gasteiger partial charge is 0.481 e. The predicted octanol–water partition coefficient (Wildman–Crippen LogP) is 3.80. The number of amides is 1. The summed E-state index contributed by atoms with van der Waals surface area (Å²) in [7, 11) is 0. The molecule has 2 saturated carbocycles. The number of carbonyl (C=O) groups excluding carboxylic acids is 1. The monoisotopic (exact) mass is 335 g/mol. The van der Waals surface area contributed by atoms with Crippen LogP contribution in [-0.4, -0.2) is 17.0 Å². The summed E-state index contributed by atoms with van der Waals surface area (Å²) >= 11 is 5.94. The SMILES string of the molecule is O=C(O)C1CCCC(C(=O)NC(c2ccc(Cl)cc2)C2CC2)C1. The van der Waals surface area contributed by atoms with E-state index in [0.717, 1.165) is 31.2 Å². The molecule has 1 aromatic carbocycles. The number of aliphatic carboxylic acids is 1. The van der Waals surface area contributed by atoms with Gasteiger partial charge in [-0.2, -0.15) is 0 Å². The summed E-state index contributed by atoms with van der Waals surface area (Å²) in [5.41, 5.74) is 1.08. The standard InChI is InChI=1S/C18H22ClNO3/c19-15-8-6-12(7-9-15)16(11-4-5-11)20-17(21)13-2-1-3-14(10-13)18(22)23/h6-9,11,13-14,16H,1-5,10H2,(H,20,21)(H,22,23). The first-order valence-electron chi connectivity index (χ1n) is 8.33. The Morgan fingerprint density at radius 2 is 1.74 bits per heavy atom. The molecular weight excluding hydrogens is 314 g/mol. The zero-order valence-electron chi connectivity index (χ0n) is 13.0. The van der Waals surface area contributed by atoms with Gasteiger partial charge >= 0.3 is 5.97 Å². The number of nitrogens with one attached hydrogen (secondary N) is 1. The summed E-state index contributed by atoms with van der Waals surface area (Å²) in [6.07, 6.45) is 4.98. The molecule has 0 aliphatic heterocycles. The molecule has 1 aromatic rings. The molecule has 0 radical (unpaired) electrons. The highest BCUT2D eigenvalue weighted by Crippen LogP contribution is 2.41. The van der Waals surface area contributed by atoms with Crippen molar-refractivity contribution in [3.8, 4) is 0 Å². The van der Waals surface area contributed by atoms with E-state index in [4.69, 9.17) is 11.6 Å². The lowest BCUT2D eigenvalue weighted by Crippen LogP contribution is -2.38. The first-order valence-corrected chi connectivity index (χ1v) is 8.71. The van der Waals surface area contributed by atoms with Crippen LogP contribution < -0.4 is 5.32 Å². The molecule has 3 rings (SSSR count). The minimum atomic E-state index is -0.779. The van der Waals surface area contributed by atoms with Gasteiger partial charge in [0.25, 0.3) is 0 Å². The number of carbonyl (C=O) groups is 2. The van der Waals surface area contributed by atoms with E-state index in [9.17, 15) is 14.7 Å². The van der Waals surface area contributed by atoms with E-state index in [0.29, 0.717) is 23.8 Å². The first kappa shape index (κ1) is 16.3. The zero-order chi connectivity index (χ0) is 16.4. The van der Waals surface area contributed by atoms with Crippen molar-refractivity contribution in [1.29, 1.82) is 0 Å². The van der Waals surface area contributed by atoms with Gasteiger partial charge in [0.05, 0.1) is 12.0 Å². The molecule has 3 atom stereocenters. The van der Waals surface area contributed by atoms with Crippen molar-refractivity contribution in [2.45, 2.75) is 44.6 Å². The van der Waals surface area contributed by atoms with E-state index in [1.165, 1.54) is 0 Å². The Morgan fingerprint density at radius 3 is 2.35 bits per heavy atom. The third-order valence-corrected chi connectivity index (χ3v) is 5.27. The number of rotatable bonds is 5. The fraction of sp³-hybridized carbons (Fsp3) is 0.556.